The molecule has 0 saturated carbocycles. The molecule has 2 heterocycles. The number of aryl methyl sites for hydroxylation is 1. The number of benzene rings is 1. The predicted molar refractivity (Wildman–Crippen MR) is 65.3 cm³/mol. The summed E-state index contributed by atoms with van der Waals surface area (Å²) in [6, 6.07) is 4.13. The zero-order valence-corrected chi connectivity index (χ0v) is 9.81. The summed E-state index contributed by atoms with van der Waals surface area (Å²) in [5.74, 6) is -0.553. The Hall–Kier alpha value is -1.95. The first-order valence-electron chi connectivity index (χ1n) is 5.71. The summed E-state index contributed by atoms with van der Waals surface area (Å²) in [6.45, 7) is 1.19. The SMILES string of the molecule is Cn1c(=O)n(C2CNC2)c(=O)c2cccc(F)c21. The van der Waals surface area contributed by atoms with Gasteiger partial charge >= 0.3 is 5.69 Å². The predicted octanol–water partition coefficient (Wildman–Crippen LogP) is -0.0164. The summed E-state index contributed by atoms with van der Waals surface area (Å²) < 4.78 is 16.1. The van der Waals surface area contributed by atoms with Crippen LogP contribution in [-0.2, 0) is 7.05 Å². The number of nitrogens with one attached hydrogen (secondary N) is 1. The maximum atomic E-state index is 13.7. The minimum absolute atomic E-state index is 0.0658. The van der Waals surface area contributed by atoms with E-state index in [2.05, 4.69) is 5.32 Å². The van der Waals surface area contributed by atoms with Crippen LogP contribution >= 0.6 is 0 Å². The average molecular weight is 249 g/mol. The van der Waals surface area contributed by atoms with Gasteiger partial charge in [0, 0.05) is 20.1 Å². The number of para-hydroxylation sites is 1. The highest BCUT2D eigenvalue weighted by Crippen LogP contribution is 2.14. The molecular weight excluding hydrogens is 237 g/mol. The van der Waals surface area contributed by atoms with Crippen LogP contribution in [0.3, 0.4) is 0 Å². The minimum Gasteiger partial charge on any atom is -0.312 e. The van der Waals surface area contributed by atoms with E-state index >= 15 is 0 Å². The molecular formula is C12H12FN3O2. The van der Waals surface area contributed by atoms with Crippen LogP contribution in [0.15, 0.2) is 27.8 Å². The van der Waals surface area contributed by atoms with Crippen molar-refractivity contribution >= 4 is 10.9 Å². The average Bonchev–Trinajstić information content (AvgIpc) is 2.29. The molecule has 1 saturated heterocycles. The van der Waals surface area contributed by atoms with Gasteiger partial charge in [-0.05, 0) is 12.1 Å². The fourth-order valence-corrected chi connectivity index (χ4v) is 2.28. The Balaban J connectivity index is 2.47. The third-order valence-corrected chi connectivity index (χ3v) is 3.39. The fourth-order valence-electron chi connectivity index (χ4n) is 2.28. The second kappa shape index (κ2) is 3.78. The number of halogens is 1. The fraction of sp³-hybridized carbons (Fsp3) is 0.333. The van der Waals surface area contributed by atoms with Crippen molar-refractivity contribution in [2.75, 3.05) is 13.1 Å². The van der Waals surface area contributed by atoms with E-state index in [4.69, 9.17) is 0 Å². The first kappa shape index (κ1) is 11.2. The van der Waals surface area contributed by atoms with E-state index in [1.165, 1.54) is 28.3 Å². The highest BCUT2D eigenvalue weighted by molar-refractivity contribution is 5.78. The minimum atomic E-state index is -0.553. The Labute approximate surface area is 101 Å². The van der Waals surface area contributed by atoms with Crippen molar-refractivity contribution in [2.24, 2.45) is 7.05 Å². The van der Waals surface area contributed by atoms with Crippen molar-refractivity contribution in [3.05, 3.63) is 44.9 Å². The number of aromatic nitrogens is 2. The van der Waals surface area contributed by atoms with Gasteiger partial charge in [-0.1, -0.05) is 6.07 Å². The van der Waals surface area contributed by atoms with Gasteiger partial charge in [0.15, 0.2) is 0 Å². The van der Waals surface area contributed by atoms with E-state index in [9.17, 15) is 14.0 Å². The molecule has 0 unspecified atom stereocenters. The topological polar surface area (TPSA) is 56.0 Å². The van der Waals surface area contributed by atoms with E-state index in [0.717, 1.165) is 0 Å². The van der Waals surface area contributed by atoms with Crippen LogP contribution in [0.4, 0.5) is 4.39 Å². The Morgan fingerprint density at radius 1 is 1.33 bits per heavy atom. The molecule has 18 heavy (non-hydrogen) atoms. The van der Waals surface area contributed by atoms with Crippen molar-refractivity contribution in [1.82, 2.24) is 14.5 Å². The molecule has 1 aliphatic rings. The van der Waals surface area contributed by atoms with Gasteiger partial charge in [-0.25, -0.2) is 9.18 Å². The van der Waals surface area contributed by atoms with Crippen molar-refractivity contribution < 1.29 is 4.39 Å². The lowest BCUT2D eigenvalue weighted by atomic mass is 10.1. The third kappa shape index (κ3) is 1.35. The van der Waals surface area contributed by atoms with Gasteiger partial charge in [0.25, 0.3) is 5.56 Å². The molecule has 0 spiro atoms. The largest absolute Gasteiger partial charge is 0.331 e. The highest BCUT2D eigenvalue weighted by atomic mass is 19.1. The lowest BCUT2D eigenvalue weighted by Gasteiger charge is -2.28. The van der Waals surface area contributed by atoms with Crippen molar-refractivity contribution in [3.8, 4) is 0 Å². The van der Waals surface area contributed by atoms with Crippen LogP contribution in [-0.4, -0.2) is 22.2 Å². The van der Waals surface area contributed by atoms with Gasteiger partial charge in [-0.3, -0.25) is 13.9 Å². The maximum Gasteiger partial charge on any atom is 0.331 e. The van der Waals surface area contributed by atoms with Crippen molar-refractivity contribution in [3.63, 3.8) is 0 Å². The standard InChI is InChI=1S/C12H12FN3O2/c1-15-10-8(3-2-4-9(10)13)11(17)16(12(15)18)7-5-14-6-7/h2-4,7,14H,5-6H2,1H3. The molecule has 6 heteroatoms. The summed E-state index contributed by atoms with van der Waals surface area (Å²) in [4.78, 5) is 24.4. The van der Waals surface area contributed by atoms with E-state index < -0.39 is 17.1 Å². The quantitative estimate of drug-likeness (QED) is 0.773. The molecule has 94 valence electrons. The number of hydrogen-bond donors (Lipinski definition) is 1. The molecule has 1 fully saturated rings. The van der Waals surface area contributed by atoms with Crippen LogP contribution in [0.5, 0.6) is 0 Å². The highest BCUT2D eigenvalue weighted by Gasteiger charge is 2.24. The molecule has 0 bridgehead atoms. The van der Waals surface area contributed by atoms with Gasteiger partial charge < -0.3 is 5.32 Å². The maximum absolute atomic E-state index is 13.7. The molecule has 3 rings (SSSR count). The molecule has 0 aliphatic carbocycles. The van der Waals surface area contributed by atoms with Crippen molar-refractivity contribution in [2.45, 2.75) is 6.04 Å². The van der Waals surface area contributed by atoms with E-state index in [-0.39, 0.29) is 16.9 Å². The first-order valence-corrected chi connectivity index (χ1v) is 5.71. The van der Waals surface area contributed by atoms with Gasteiger partial charge in [0.1, 0.15) is 5.82 Å². The summed E-state index contributed by atoms with van der Waals surface area (Å²) in [5, 5.41) is 3.25. The second-order valence-electron chi connectivity index (χ2n) is 4.46. The van der Waals surface area contributed by atoms with Gasteiger partial charge in [-0.15, -0.1) is 0 Å². The third-order valence-electron chi connectivity index (χ3n) is 3.39. The zero-order valence-electron chi connectivity index (χ0n) is 9.81. The van der Waals surface area contributed by atoms with E-state index in [0.29, 0.717) is 13.1 Å². The van der Waals surface area contributed by atoms with Crippen LogP contribution in [0, 0.1) is 5.82 Å². The molecule has 1 aliphatic heterocycles. The Kier molecular flexibility index (Phi) is 2.34. The zero-order chi connectivity index (χ0) is 12.9. The molecule has 0 amide bonds. The van der Waals surface area contributed by atoms with Crippen LogP contribution < -0.4 is 16.6 Å². The summed E-state index contributed by atoms with van der Waals surface area (Å²) in [6.07, 6.45) is 0. The Morgan fingerprint density at radius 3 is 2.67 bits per heavy atom. The number of nitrogens with zero attached hydrogens (tertiary/aromatic N) is 2. The molecule has 0 radical (unpaired) electrons. The Bertz CT molecular complexity index is 743. The van der Waals surface area contributed by atoms with Crippen LogP contribution in [0.2, 0.25) is 0 Å². The van der Waals surface area contributed by atoms with Crippen LogP contribution in [0.1, 0.15) is 6.04 Å². The molecule has 1 aromatic carbocycles. The molecule has 0 atom stereocenters. The van der Waals surface area contributed by atoms with E-state index in [1.807, 2.05) is 0 Å². The lowest BCUT2D eigenvalue weighted by molar-refractivity contribution is 0.323. The molecule has 1 N–H and O–H groups in total. The first-order chi connectivity index (χ1) is 8.61. The van der Waals surface area contributed by atoms with E-state index in [1.54, 1.807) is 6.07 Å². The summed E-state index contributed by atoms with van der Waals surface area (Å²) in [7, 11) is 1.48. The lowest BCUT2D eigenvalue weighted by Crippen LogP contribution is -2.53. The number of rotatable bonds is 1. The summed E-state index contributed by atoms with van der Waals surface area (Å²) >= 11 is 0. The van der Waals surface area contributed by atoms with Gasteiger partial charge in [0.05, 0.1) is 16.9 Å². The van der Waals surface area contributed by atoms with Gasteiger partial charge in [0.2, 0.25) is 0 Å². The smallest absolute Gasteiger partial charge is 0.312 e. The number of hydrogen-bond acceptors (Lipinski definition) is 3. The Morgan fingerprint density at radius 2 is 2.06 bits per heavy atom. The monoisotopic (exact) mass is 249 g/mol. The normalized spacial score (nSPS) is 15.9. The molecule has 1 aromatic heterocycles. The second-order valence-corrected chi connectivity index (χ2v) is 4.46. The molecule has 2 aromatic rings. The molecule has 5 nitrogen and oxygen atoms in total. The van der Waals surface area contributed by atoms with Crippen LogP contribution in [0.25, 0.3) is 10.9 Å². The van der Waals surface area contributed by atoms with Crippen molar-refractivity contribution in [1.29, 1.82) is 0 Å². The number of fused-ring (bicyclic) bond motifs is 1. The van der Waals surface area contributed by atoms with Gasteiger partial charge in [-0.2, -0.15) is 0 Å². The summed E-state index contributed by atoms with van der Waals surface area (Å²) in [5.41, 5.74) is -0.820.